The Balaban J connectivity index is 2.61. The third-order valence-corrected chi connectivity index (χ3v) is 3.65. The second-order valence-electron chi connectivity index (χ2n) is 4.60. The first kappa shape index (κ1) is 13.4. The van der Waals surface area contributed by atoms with Crippen LogP contribution in [0, 0.1) is 0 Å². The van der Waals surface area contributed by atoms with Crippen LogP contribution in [0.4, 0.5) is 0 Å². The van der Waals surface area contributed by atoms with E-state index in [-0.39, 0.29) is 5.41 Å². The van der Waals surface area contributed by atoms with Gasteiger partial charge in [-0.05, 0) is 35.8 Å². The van der Waals surface area contributed by atoms with E-state index in [2.05, 4.69) is 51.3 Å². The van der Waals surface area contributed by atoms with Crippen molar-refractivity contribution in [1.82, 2.24) is 0 Å². The molecular formula is C14H22OS. The zero-order chi connectivity index (χ0) is 12.0. The molecule has 0 heterocycles. The summed E-state index contributed by atoms with van der Waals surface area (Å²) < 4.78 is 5.63. The summed E-state index contributed by atoms with van der Waals surface area (Å²) in [7, 11) is 0. The maximum absolute atomic E-state index is 5.63. The van der Waals surface area contributed by atoms with Gasteiger partial charge in [0.15, 0.2) is 0 Å². The standard InChI is InChI=1S/C14H22OS/c1-5-14(2,3)12-6-8-13(9-7-12)15-10-11-16-4/h6-9H,5,10-11H2,1-4H3. The van der Waals surface area contributed by atoms with Crippen LogP contribution < -0.4 is 4.74 Å². The van der Waals surface area contributed by atoms with Gasteiger partial charge in [-0.2, -0.15) is 11.8 Å². The van der Waals surface area contributed by atoms with Crippen molar-refractivity contribution < 1.29 is 4.74 Å². The fourth-order valence-corrected chi connectivity index (χ4v) is 1.70. The van der Waals surface area contributed by atoms with Crippen molar-refractivity contribution >= 4 is 11.8 Å². The van der Waals surface area contributed by atoms with Crippen molar-refractivity contribution in [3.63, 3.8) is 0 Å². The van der Waals surface area contributed by atoms with Crippen molar-refractivity contribution in [3.05, 3.63) is 29.8 Å². The average Bonchev–Trinajstić information content (AvgIpc) is 2.30. The van der Waals surface area contributed by atoms with Gasteiger partial charge in [0.1, 0.15) is 5.75 Å². The first-order chi connectivity index (χ1) is 7.60. The summed E-state index contributed by atoms with van der Waals surface area (Å²) in [6.07, 6.45) is 3.25. The van der Waals surface area contributed by atoms with Gasteiger partial charge in [-0.1, -0.05) is 32.9 Å². The molecule has 0 fully saturated rings. The average molecular weight is 238 g/mol. The fourth-order valence-electron chi connectivity index (χ4n) is 1.45. The summed E-state index contributed by atoms with van der Waals surface area (Å²) in [4.78, 5) is 0. The Morgan fingerprint density at radius 1 is 1.19 bits per heavy atom. The van der Waals surface area contributed by atoms with Crippen molar-refractivity contribution in [2.24, 2.45) is 0 Å². The lowest BCUT2D eigenvalue weighted by Gasteiger charge is -2.23. The van der Waals surface area contributed by atoms with Crippen molar-refractivity contribution in [1.29, 1.82) is 0 Å². The molecule has 0 aromatic heterocycles. The zero-order valence-electron chi connectivity index (χ0n) is 10.7. The van der Waals surface area contributed by atoms with Crippen LogP contribution in [0.2, 0.25) is 0 Å². The number of thioether (sulfide) groups is 1. The molecule has 1 nitrogen and oxygen atoms in total. The number of hydrogen-bond acceptors (Lipinski definition) is 2. The number of rotatable bonds is 6. The summed E-state index contributed by atoms with van der Waals surface area (Å²) in [6.45, 7) is 7.56. The predicted molar refractivity (Wildman–Crippen MR) is 73.6 cm³/mol. The summed E-state index contributed by atoms with van der Waals surface area (Å²) in [5.41, 5.74) is 1.64. The minimum Gasteiger partial charge on any atom is -0.493 e. The molecule has 0 radical (unpaired) electrons. The predicted octanol–water partition coefficient (Wildman–Crippen LogP) is 4.12. The Morgan fingerprint density at radius 2 is 1.81 bits per heavy atom. The molecule has 0 saturated carbocycles. The number of ether oxygens (including phenoxy) is 1. The van der Waals surface area contributed by atoms with E-state index in [1.165, 1.54) is 5.56 Å². The Hall–Kier alpha value is -0.630. The lowest BCUT2D eigenvalue weighted by atomic mass is 9.82. The smallest absolute Gasteiger partial charge is 0.119 e. The van der Waals surface area contributed by atoms with Gasteiger partial charge >= 0.3 is 0 Å². The Labute approximate surface area is 104 Å². The lowest BCUT2D eigenvalue weighted by Crippen LogP contribution is -2.15. The summed E-state index contributed by atoms with van der Waals surface area (Å²) in [6, 6.07) is 8.51. The quantitative estimate of drug-likeness (QED) is 0.690. The van der Waals surface area contributed by atoms with Crippen LogP contribution in [0.1, 0.15) is 32.8 Å². The maximum atomic E-state index is 5.63. The number of benzene rings is 1. The summed E-state index contributed by atoms with van der Waals surface area (Å²) in [5.74, 6) is 2.02. The molecule has 0 aliphatic heterocycles. The first-order valence-electron chi connectivity index (χ1n) is 5.82. The van der Waals surface area contributed by atoms with Crippen LogP contribution in [0.5, 0.6) is 5.75 Å². The van der Waals surface area contributed by atoms with Crippen LogP contribution in [-0.4, -0.2) is 18.6 Å². The van der Waals surface area contributed by atoms with Gasteiger partial charge in [0.25, 0.3) is 0 Å². The van der Waals surface area contributed by atoms with E-state index < -0.39 is 0 Å². The second kappa shape index (κ2) is 6.19. The Kier molecular flexibility index (Phi) is 5.20. The Morgan fingerprint density at radius 3 is 2.31 bits per heavy atom. The molecule has 0 N–H and O–H groups in total. The molecule has 1 aromatic rings. The van der Waals surface area contributed by atoms with Gasteiger partial charge in [0.2, 0.25) is 0 Å². The molecule has 0 amide bonds. The van der Waals surface area contributed by atoms with Gasteiger partial charge < -0.3 is 4.74 Å². The van der Waals surface area contributed by atoms with E-state index in [0.717, 1.165) is 24.5 Å². The van der Waals surface area contributed by atoms with Crippen LogP contribution in [0.3, 0.4) is 0 Å². The molecule has 0 aliphatic rings. The number of hydrogen-bond donors (Lipinski definition) is 0. The molecule has 1 aromatic carbocycles. The third-order valence-electron chi connectivity index (χ3n) is 3.08. The molecule has 0 aliphatic carbocycles. The summed E-state index contributed by atoms with van der Waals surface area (Å²) >= 11 is 1.81. The molecule has 0 bridgehead atoms. The lowest BCUT2D eigenvalue weighted by molar-refractivity contribution is 0.343. The highest BCUT2D eigenvalue weighted by Crippen LogP contribution is 2.27. The highest BCUT2D eigenvalue weighted by atomic mass is 32.2. The van der Waals surface area contributed by atoms with E-state index in [0.29, 0.717) is 0 Å². The molecule has 0 unspecified atom stereocenters. The Bertz CT molecular complexity index is 303. The van der Waals surface area contributed by atoms with Crippen LogP contribution in [0.15, 0.2) is 24.3 Å². The SMILES string of the molecule is CCC(C)(C)c1ccc(OCCSC)cc1. The van der Waals surface area contributed by atoms with E-state index >= 15 is 0 Å². The van der Waals surface area contributed by atoms with E-state index in [9.17, 15) is 0 Å². The molecule has 0 spiro atoms. The summed E-state index contributed by atoms with van der Waals surface area (Å²) in [5, 5.41) is 0. The molecule has 16 heavy (non-hydrogen) atoms. The minimum absolute atomic E-state index is 0.262. The molecule has 90 valence electrons. The van der Waals surface area contributed by atoms with Crippen molar-refractivity contribution in [2.45, 2.75) is 32.6 Å². The van der Waals surface area contributed by atoms with Gasteiger partial charge in [0.05, 0.1) is 6.61 Å². The van der Waals surface area contributed by atoms with Crippen molar-refractivity contribution in [2.75, 3.05) is 18.6 Å². The normalized spacial score (nSPS) is 11.5. The van der Waals surface area contributed by atoms with E-state index in [1.807, 2.05) is 0 Å². The second-order valence-corrected chi connectivity index (χ2v) is 5.59. The van der Waals surface area contributed by atoms with Crippen LogP contribution in [-0.2, 0) is 5.41 Å². The van der Waals surface area contributed by atoms with Crippen LogP contribution in [0.25, 0.3) is 0 Å². The molecule has 0 saturated heterocycles. The van der Waals surface area contributed by atoms with Crippen molar-refractivity contribution in [3.8, 4) is 5.75 Å². The van der Waals surface area contributed by atoms with Gasteiger partial charge in [0, 0.05) is 5.75 Å². The van der Waals surface area contributed by atoms with Gasteiger partial charge in [-0.15, -0.1) is 0 Å². The molecule has 1 rings (SSSR count). The highest BCUT2D eigenvalue weighted by Gasteiger charge is 2.17. The fraction of sp³-hybridized carbons (Fsp3) is 0.571. The van der Waals surface area contributed by atoms with E-state index in [4.69, 9.17) is 4.74 Å². The molecule has 0 atom stereocenters. The molecular weight excluding hydrogens is 216 g/mol. The zero-order valence-corrected chi connectivity index (χ0v) is 11.6. The molecule has 2 heteroatoms. The third kappa shape index (κ3) is 3.75. The topological polar surface area (TPSA) is 9.23 Å². The van der Waals surface area contributed by atoms with Gasteiger partial charge in [-0.3, -0.25) is 0 Å². The highest BCUT2D eigenvalue weighted by molar-refractivity contribution is 7.98. The van der Waals surface area contributed by atoms with Gasteiger partial charge in [-0.25, -0.2) is 0 Å². The van der Waals surface area contributed by atoms with E-state index in [1.54, 1.807) is 11.8 Å². The maximum Gasteiger partial charge on any atom is 0.119 e. The monoisotopic (exact) mass is 238 g/mol. The minimum atomic E-state index is 0.262. The largest absolute Gasteiger partial charge is 0.493 e. The van der Waals surface area contributed by atoms with Crippen LogP contribution >= 0.6 is 11.8 Å². The first-order valence-corrected chi connectivity index (χ1v) is 7.22.